The standard InChI is InChI=1S/C11H18N2O/c1-9(2)11(12)8-14-7-10-4-3-5-13-6-10/h3-6,9,11H,7-8,12H2,1-2H3. The maximum Gasteiger partial charge on any atom is 0.0732 e. The molecular weight excluding hydrogens is 176 g/mol. The number of hydrogen-bond donors (Lipinski definition) is 1. The topological polar surface area (TPSA) is 48.1 Å². The fourth-order valence-corrected chi connectivity index (χ4v) is 0.989. The minimum absolute atomic E-state index is 0.117. The van der Waals surface area contributed by atoms with Gasteiger partial charge in [0.05, 0.1) is 13.2 Å². The van der Waals surface area contributed by atoms with Crippen molar-refractivity contribution in [3.8, 4) is 0 Å². The number of pyridine rings is 1. The van der Waals surface area contributed by atoms with Crippen molar-refractivity contribution in [2.24, 2.45) is 11.7 Å². The van der Waals surface area contributed by atoms with Gasteiger partial charge >= 0.3 is 0 Å². The van der Waals surface area contributed by atoms with Crippen LogP contribution in [0.5, 0.6) is 0 Å². The first kappa shape index (κ1) is 11.1. The first-order valence-corrected chi connectivity index (χ1v) is 4.92. The summed E-state index contributed by atoms with van der Waals surface area (Å²) in [6, 6.07) is 4.02. The summed E-state index contributed by atoms with van der Waals surface area (Å²) in [7, 11) is 0. The third-order valence-corrected chi connectivity index (χ3v) is 2.16. The largest absolute Gasteiger partial charge is 0.375 e. The molecule has 0 spiro atoms. The molecule has 0 bridgehead atoms. The Hall–Kier alpha value is -0.930. The van der Waals surface area contributed by atoms with Gasteiger partial charge in [0, 0.05) is 18.4 Å². The van der Waals surface area contributed by atoms with Crippen LogP contribution in [-0.2, 0) is 11.3 Å². The van der Waals surface area contributed by atoms with Crippen LogP contribution in [0, 0.1) is 5.92 Å². The van der Waals surface area contributed by atoms with Gasteiger partial charge in [-0.25, -0.2) is 0 Å². The Morgan fingerprint density at radius 1 is 1.50 bits per heavy atom. The molecule has 1 aromatic heterocycles. The molecule has 0 fully saturated rings. The smallest absolute Gasteiger partial charge is 0.0732 e. The zero-order valence-corrected chi connectivity index (χ0v) is 8.81. The maximum absolute atomic E-state index is 5.84. The average Bonchev–Trinajstić information content (AvgIpc) is 2.19. The van der Waals surface area contributed by atoms with Crippen molar-refractivity contribution in [1.29, 1.82) is 0 Å². The Bertz CT molecular complexity index is 249. The lowest BCUT2D eigenvalue weighted by Gasteiger charge is -2.15. The lowest BCUT2D eigenvalue weighted by Crippen LogP contribution is -2.31. The van der Waals surface area contributed by atoms with E-state index in [2.05, 4.69) is 18.8 Å². The second-order valence-corrected chi connectivity index (χ2v) is 3.78. The highest BCUT2D eigenvalue weighted by Gasteiger charge is 2.06. The van der Waals surface area contributed by atoms with E-state index < -0.39 is 0 Å². The Labute approximate surface area is 85.3 Å². The summed E-state index contributed by atoms with van der Waals surface area (Å²) in [5.41, 5.74) is 6.93. The van der Waals surface area contributed by atoms with Gasteiger partial charge in [-0.15, -0.1) is 0 Å². The van der Waals surface area contributed by atoms with E-state index in [4.69, 9.17) is 10.5 Å². The third kappa shape index (κ3) is 3.85. The van der Waals surface area contributed by atoms with Crippen molar-refractivity contribution >= 4 is 0 Å². The van der Waals surface area contributed by atoms with Crippen LogP contribution in [0.2, 0.25) is 0 Å². The molecule has 3 heteroatoms. The van der Waals surface area contributed by atoms with Crippen LogP contribution in [0.25, 0.3) is 0 Å². The van der Waals surface area contributed by atoms with E-state index in [-0.39, 0.29) is 6.04 Å². The molecular formula is C11H18N2O. The number of ether oxygens (including phenoxy) is 1. The molecule has 0 aliphatic rings. The first-order chi connectivity index (χ1) is 6.70. The molecule has 0 saturated carbocycles. The fraction of sp³-hybridized carbons (Fsp3) is 0.545. The Morgan fingerprint density at radius 2 is 2.29 bits per heavy atom. The van der Waals surface area contributed by atoms with Gasteiger partial charge in [0.25, 0.3) is 0 Å². The van der Waals surface area contributed by atoms with Gasteiger partial charge in [0.1, 0.15) is 0 Å². The molecule has 0 amide bonds. The van der Waals surface area contributed by atoms with Crippen molar-refractivity contribution in [3.63, 3.8) is 0 Å². The Morgan fingerprint density at radius 3 is 2.86 bits per heavy atom. The second kappa shape index (κ2) is 5.73. The molecule has 2 N–H and O–H groups in total. The molecule has 78 valence electrons. The molecule has 3 nitrogen and oxygen atoms in total. The zero-order chi connectivity index (χ0) is 10.4. The predicted octanol–water partition coefficient (Wildman–Crippen LogP) is 1.58. The summed E-state index contributed by atoms with van der Waals surface area (Å²) in [4.78, 5) is 4.01. The summed E-state index contributed by atoms with van der Waals surface area (Å²) in [6.45, 7) is 5.39. The highest BCUT2D eigenvalue weighted by Crippen LogP contribution is 2.02. The molecule has 0 aliphatic carbocycles. The van der Waals surface area contributed by atoms with Crippen LogP contribution in [-0.4, -0.2) is 17.6 Å². The predicted molar refractivity (Wildman–Crippen MR) is 56.7 cm³/mol. The van der Waals surface area contributed by atoms with E-state index in [1.165, 1.54) is 0 Å². The lowest BCUT2D eigenvalue weighted by atomic mass is 10.1. The molecule has 1 unspecified atom stereocenters. The van der Waals surface area contributed by atoms with Crippen molar-refractivity contribution < 1.29 is 4.74 Å². The normalized spacial score (nSPS) is 13.1. The van der Waals surface area contributed by atoms with Gasteiger partial charge in [0.2, 0.25) is 0 Å². The highest BCUT2D eigenvalue weighted by molar-refractivity contribution is 5.06. The molecule has 14 heavy (non-hydrogen) atoms. The van der Waals surface area contributed by atoms with Gasteiger partial charge in [-0.1, -0.05) is 19.9 Å². The lowest BCUT2D eigenvalue weighted by molar-refractivity contribution is 0.0971. The van der Waals surface area contributed by atoms with Crippen LogP contribution < -0.4 is 5.73 Å². The molecule has 1 rings (SSSR count). The second-order valence-electron chi connectivity index (χ2n) is 3.78. The molecule has 1 atom stereocenters. The van der Waals surface area contributed by atoms with Crippen molar-refractivity contribution in [2.75, 3.05) is 6.61 Å². The first-order valence-electron chi connectivity index (χ1n) is 4.92. The van der Waals surface area contributed by atoms with Gasteiger partial charge in [-0.2, -0.15) is 0 Å². The molecule has 0 radical (unpaired) electrons. The van der Waals surface area contributed by atoms with Crippen LogP contribution in [0.4, 0.5) is 0 Å². The Balaban J connectivity index is 2.22. The van der Waals surface area contributed by atoms with E-state index >= 15 is 0 Å². The summed E-state index contributed by atoms with van der Waals surface area (Å²) < 4.78 is 5.48. The molecule has 0 aliphatic heterocycles. The van der Waals surface area contributed by atoms with Gasteiger partial charge in [0.15, 0.2) is 0 Å². The zero-order valence-electron chi connectivity index (χ0n) is 8.81. The van der Waals surface area contributed by atoms with Crippen LogP contribution >= 0.6 is 0 Å². The van der Waals surface area contributed by atoms with E-state index in [0.29, 0.717) is 19.1 Å². The van der Waals surface area contributed by atoms with Gasteiger partial charge < -0.3 is 10.5 Å². The minimum atomic E-state index is 0.117. The van der Waals surface area contributed by atoms with Gasteiger partial charge in [-0.3, -0.25) is 4.98 Å². The number of rotatable bonds is 5. The monoisotopic (exact) mass is 194 g/mol. The van der Waals surface area contributed by atoms with Crippen molar-refractivity contribution in [2.45, 2.75) is 26.5 Å². The van der Waals surface area contributed by atoms with E-state index in [1.54, 1.807) is 12.4 Å². The molecule has 0 saturated heterocycles. The van der Waals surface area contributed by atoms with Crippen LogP contribution in [0.15, 0.2) is 24.5 Å². The molecule has 0 aromatic carbocycles. The summed E-state index contributed by atoms with van der Waals surface area (Å²) >= 11 is 0. The fourth-order valence-electron chi connectivity index (χ4n) is 0.989. The van der Waals surface area contributed by atoms with Crippen LogP contribution in [0.3, 0.4) is 0 Å². The maximum atomic E-state index is 5.84. The van der Waals surface area contributed by atoms with Crippen LogP contribution in [0.1, 0.15) is 19.4 Å². The highest BCUT2D eigenvalue weighted by atomic mass is 16.5. The van der Waals surface area contributed by atoms with E-state index in [0.717, 1.165) is 5.56 Å². The van der Waals surface area contributed by atoms with Crippen molar-refractivity contribution in [3.05, 3.63) is 30.1 Å². The van der Waals surface area contributed by atoms with E-state index in [1.807, 2.05) is 12.1 Å². The SMILES string of the molecule is CC(C)C(N)COCc1cccnc1. The number of aromatic nitrogens is 1. The molecule has 1 heterocycles. The number of hydrogen-bond acceptors (Lipinski definition) is 3. The third-order valence-electron chi connectivity index (χ3n) is 2.16. The average molecular weight is 194 g/mol. The number of nitrogens with two attached hydrogens (primary N) is 1. The quantitative estimate of drug-likeness (QED) is 0.774. The Kier molecular flexibility index (Phi) is 4.56. The summed E-state index contributed by atoms with van der Waals surface area (Å²) in [5.74, 6) is 0.462. The molecule has 1 aromatic rings. The van der Waals surface area contributed by atoms with Gasteiger partial charge in [-0.05, 0) is 17.5 Å². The summed E-state index contributed by atoms with van der Waals surface area (Å²) in [5, 5.41) is 0. The van der Waals surface area contributed by atoms with Crippen molar-refractivity contribution in [1.82, 2.24) is 4.98 Å². The summed E-state index contributed by atoms with van der Waals surface area (Å²) in [6.07, 6.45) is 3.56. The number of nitrogens with zero attached hydrogens (tertiary/aromatic N) is 1. The van der Waals surface area contributed by atoms with E-state index in [9.17, 15) is 0 Å². The minimum Gasteiger partial charge on any atom is -0.375 e.